The molecule has 0 fully saturated rings. The Morgan fingerprint density at radius 3 is 2.54 bits per heavy atom. The summed E-state index contributed by atoms with van der Waals surface area (Å²) < 4.78 is 39.6. The molecule has 2 rings (SSSR count). The first-order valence-electron chi connectivity index (χ1n) is 6.54. The van der Waals surface area contributed by atoms with Gasteiger partial charge in [0.1, 0.15) is 5.71 Å². The van der Waals surface area contributed by atoms with Gasteiger partial charge in [-0.2, -0.15) is 18.3 Å². The molecular formula is C15H10BrF3N2O2S. The van der Waals surface area contributed by atoms with E-state index in [-0.39, 0.29) is 10.4 Å². The normalized spacial score (nSPS) is 12.1. The Bertz CT molecular complexity index is 773. The number of hydrogen-bond donors (Lipinski definition) is 1. The van der Waals surface area contributed by atoms with E-state index in [1.54, 1.807) is 23.6 Å². The van der Waals surface area contributed by atoms with Crippen LogP contribution in [0, 0.1) is 0 Å². The number of nitrogens with one attached hydrogen (secondary N) is 1. The van der Waals surface area contributed by atoms with Crippen LogP contribution in [0.2, 0.25) is 0 Å². The van der Waals surface area contributed by atoms with E-state index in [0.717, 1.165) is 11.3 Å². The van der Waals surface area contributed by atoms with Crippen molar-refractivity contribution in [3.8, 4) is 0 Å². The number of benzene rings is 1. The van der Waals surface area contributed by atoms with Crippen molar-refractivity contribution in [2.45, 2.75) is 12.6 Å². The minimum atomic E-state index is -4.82. The van der Waals surface area contributed by atoms with E-state index in [4.69, 9.17) is 0 Å². The zero-order chi connectivity index (χ0) is 17.7. The van der Waals surface area contributed by atoms with Gasteiger partial charge in [0.05, 0.1) is 11.3 Å². The Hall–Kier alpha value is -2.00. The first-order chi connectivity index (χ1) is 11.3. The fraction of sp³-hybridized carbons (Fsp3) is 0.133. The number of rotatable bonds is 5. The summed E-state index contributed by atoms with van der Waals surface area (Å²) in [6, 6.07) is 9.10. The maximum absolute atomic E-state index is 13.0. The zero-order valence-corrected chi connectivity index (χ0v) is 14.3. The van der Waals surface area contributed by atoms with Crippen LogP contribution in [0.1, 0.15) is 26.5 Å². The molecule has 2 aromatic rings. The van der Waals surface area contributed by atoms with Gasteiger partial charge < -0.3 is 0 Å². The number of amides is 1. The van der Waals surface area contributed by atoms with Crippen LogP contribution in [0.3, 0.4) is 0 Å². The van der Waals surface area contributed by atoms with Crippen molar-refractivity contribution in [3.05, 3.63) is 56.7 Å². The maximum atomic E-state index is 13.0. The number of ketones is 1. The number of carbonyl (C=O) groups is 2. The van der Waals surface area contributed by atoms with Crippen LogP contribution in [-0.2, 0) is 0 Å². The molecule has 1 aromatic heterocycles. The quantitative estimate of drug-likeness (QED) is 0.443. The zero-order valence-electron chi connectivity index (χ0n) is 11.9. The van der Waals surface area contributed by atoms with Gasteiger partial charge in [-0.3, -0.25) is 9.59 Å². The van der Waals surface area contributed by atoms with Gasteiger partial charge in [0.25, 0.3) is 5.91 Å². The largest absolute Gasteiger partial charge is 0.431 e. The molecule has 0 spiro atoms. The highest BCUT2D eigenvalue weighted by Crippen LogP contribution is 2.22. The lowest BCUT2D eigenvalue weighted by Gasteiger charge is -2.10. The highest BCUT2D eigenvalue weighted by Gasteiger charge is 2.37. The second kappa shape index (κ2) is 7.71. The van der Waals surface area contributed by atoms with Crippen LogP contribution in [0.15, 0.2) is 51.4 Å². The third-order valence-electron chi connectivity index (χ3n) is 2.83. The lowest BCUT2D eigenvalue weighted by molar-refractivity contribution is -0.0605. The average Bonchev–Trinajstić information content (AvgIpc) is 3.04. The summed E-state index contributed by atoms with van der Waals surface area (Å²) in [5.41, 5.74) is 0.624. The molecular weight excluding hydrogens is 409 g/mol. The number of halogens is 4. The second-order valence-electron chi connectivity index (χ2n) is 4.58. The summed E-state index contributed by atoms with van der Waals surface area (Å²) in [4.78, 5) is 23.9. The van der Waals surface area contributed by atoms with Crippen LogP contribution in [0.4, 0.5) is 13.2 Å². The monoisotopic (exact) mass is 418 g/mol. The molecule has 1 aromatic carbocycles. The molecule has 0 aliphatic heterocycles. The van der Waals surface area contributed by atoms with E-state index in [2.05, 4.69) is 21.0 Å². The molecule has 0 saturated carbocycles. The molecule has 0 atom stereocenters. The van der Waals surface area contributed by atoms with Crippen molar-refractivity contribution in [2.24, 2.45) is 5.10 Å². The third kappa shape index (κ3) is 5.00. The predicted molar refractivity (Wildman–Crippen MR) is 88.4 cm³/mol. The van der Waals surface area contributed by atoms with Crippen LogP contribution in [0.5, 0.6) is 0 Å². The Morgan fingerprint density at radius 2 is 1.96 bits per heavy atom. The van der Waals surface area contributed by atoms with Crippen molar-refractivity contribution in [1.29, 1.82) is 0 Å². The molecule has 0 aliphatic carbocycles. The molecule has 24 heavy (non-hydrogen) atoms. The van der Waals surface area contributed by atoms with Crippen LogP contribution < -0.4 is 5.43 Å². The first-order valence-corrected chi connectivity index (χ1v) is 8.21. The Kier molecular flexibility index (Phi) is 5.89. The lowest BCUT2D eigenvalue weighted by atomic mass is 10.1. The Morgan fingerprint density at radius 1 is 1.21 bits per heavy atom. The minimum absolute atomic E-state index is 0.138. The molecule has 126 valence electrons. The fourth-order valence-corrected chi connectivity index (χ4v) is 2.76. The van der Waals surface area contributed by atoms with Crippen molar-refractivity contribution < 1.29 is 22.8 Å². The molecule has 0 radical (unpaired) electrons. The molecule has 1 heterocycles. The van der Waals surface area contributed by atoms with E-state index in [0.29, 0.717) is 4.47 Å². The number of carbonyl (C=O) groups excluding carboxylic acids is 2. The summed E-state index contributed by atoms with van der Waals surface area (Å²) in [5.74, 6) is -1.51. The Balaban J connectivity index is 2.14. The van der Waals surface area contributed by atoms with Gasteiger partial charge in [-0.05, 0) is 29.6 Å². The van der Waals surface area contributed by atoms with E-state index in [1.165, 1.54) is 18.2 Å². The van der Waals surface area contributed by atoms with Crippen LogP contribution in [0.25, 0.3) is 0 Å². The summed E-state index contributed by atoms with van der Waals surface area (Å²) >= 11 is 4.20. The molecule has 0 bridgehead atoms. The van der Waals surface area contributed by atoms with E-state index >= 15 is 0 Å². The third-order valence-corrected chi connectivity index (χ3v) is 4.23. The molecule has 4 nitrogen and oxygen atoms in total. The van der Waals surface area contributed by atoms with Crippen LogP contribution in [-0.4, -0.2) is 23.6 Å². The van der Waals surface area contributed by atoms with Gasteiger partial charge in [0.15, 0.2) is 5.78 Å². The number of alkyl halides is 3. The van der Waals surface area contributed by atoms with Crippen molar-refractivity contribution in [2.75, 3.05) is 0 Å². The summed E-state index contributed by atoms with van der Waals surface area (Å²) in [6.45, 7) is 0. The topological polar surface area (TPSA) is 58.5 Å². The lowest BCUT2D eigenvalue weighted by Crippen LogP contribution is -2.30. The molecule has 9 heteroatoms. The minimum Gasteiger partial charge on any atom is -0.293 e. The van der Waals surface area contributed by atoms with E-state index in [1.807, 2.05) is 5.43 Å². The van der Waals surface area contributed by atoms with Gasteiger partial charge in [-0.25, -0.2) is 5.43 Å². The first kappa shape index (κ1) is 18.3. The summed E-state index contributed by atoms with van der Waals surface area (Å²) in [5, 5.41) is 4.70. The smallest absolute Gasteiger partial charge is 0.293 e. The number of hydrazone groups is 1. The van der Waals surface area contributed by atoms with Crippen molar-refractivity contribution in [1.82, 2.24) is 5.43 Å². The molecule has 0 saturated heterocycles. The highest BCUT2D eigenvalue weighted by atomic mass is 79.9. The molecule has 1 amide bonds. The van der Waals surface area contributed by atoms with Gasteiger partial charge in [-0.1, -0.05) is 28.1 Å². The number of thiophene rings is 1. The molecule has 1 N–H and O–H groups in total. The summed E-state index contributed by atoms with van der Waals surface area (Å²) in [7, 11) is 0. The number of Topliss-reactive ketones (excluding diaryl/α,β-unsaturated/α-hetero) is 1. The SMILES string of the molecule is O=C(N/N=C(\CC(=O)c1cccs1)C(F)(F)F)c1cccc(Br)c1. The van der Waals surface area contributed by atoms with Crippen molar-refractivity contribution >= 4 is 44.7 Å². The highest BCUT2D eigenvalue weighted by molar-refractivity contribution is 9.10. The molecule has 0 unspecified atom stereocenters. The van der Waals surface area contributed by atoms with Crippen molar-refractivity contribution in [3.63, 3.8) is 0 Å². The predicted octanol–water partition coefficient (Wildman–Crippen LogP) is 4.43. The summed E-state index contributed by atoms with van der Waals surface area (Å²) in [6.07, 6.45) is -5.76. The standard InChI is InChI=1S/C15H10BrF3N2O2S/c16-10-4-1-3-9(7-10)14(23)21-20-13(15(17,18)19)8-11(22)12-5-2-6-24-12/h1-7H,8H2,(H,21,23)/b20-13+. The van der Waals surface area contributed by atoms with Gasteiger partial charge in [-0.15, -0.1) is 11.3 Å². The fourth-order valence-electron chi connectivity index (χ4n) is 1.69. The number of hydrogen-bond acceptors (Lipinski definition) is 4. The van der Waals surface area contributed by atoms with Gasteiger partial charge >= 0.3 is 6.18 Å². The van der Waals surface area contributed by atoms with E-state index in [9.17, 15) is 22.8 Å². The Labute approximate surface area is 147 Å². The maximum Gasteiger partial charge on any atom is 0.431 e. The molecule has 0 aliphatic rings. The van der Waals surface area contributed by atoms with Gasteiger partial charge in [0.2, 0.25) is 0 Å². The van der Waals surface area contributed by atoms with Gasteiger partial charge in [0, 0.05) is 10.0 Å². The second-order valence-corrected chi connectivity index (χ2v) is 6.45. The van der Waals surface area contributed by atoms with E-state index < -0.39 is 30.0 Å². The van der Waals surface area contributed by atoms with Crippen LogP contribution >= 0.6 is 27.3 Å². The number of nitrogens with zero attached hydrogens (tertiary/aromatic N) is 1. The average molecular weight is 419 g/mol.